The van der Waals surface area contributed by atoms with E-state index >= 15 is 0 Å². The van der Waals surface area contributed by atoms with Gasteiger partial charge in [0.15, 0.2) is 0 Å². The molecule has 4 saturated carbocycles. The van der Waals surface area contributed by atoms with Gasteiger partial charge >= 0.3 is 0 Å². The molecule has 4 aliphatic carbocycles. The third-order valence-corrected chi connectivity index (χ3v) is 10.6. The van der Waals surface area contributed by atoms with Crippen molar-refractivity contribution in [1.82, 2.24) is 10.3 Å². The van der Waals surface area contributed by atoms with Crippen LogP contribution < -0.4 is 10.2 Å². The van der Waals surface area contributed by atoms with Crippen LogP contribution in [-0.4, -0.2) is 28.9 Å². The van der Waals surface area contributed by atoms with Gasteiger partial charge in [-0.1, -0.05) is 6.07 Å². The molecule has 2 atom stereocenters. The highest BCUT2D eigenvalue weighted by atomic mass is 32.1. The lowest BCUT2D eigenvalue weighted by Crippen LogP contribution is -2.57. The number of thiazole rings is 1. The molecule has 1 aromatic heterocycles. The first-order valence-electron chi connectivity index (χ1n) is 13.5. The summed E-state index contributed by atoms with van der Waals surface area (Å²) in [6.45, 7) is 4.35. The third-order valence-electron chi connectivity index (χ3n) is 9.52. The van der Waals surface area contributed by atoms with Crippen LogP contribution in [0, 0.1) is 30.1 Å². The molecule has 1 saturated heterocycles. The minimum Gasteiger partial charge on any atom is -0.302 e. The third kappa shape index (κ3) is 3.64. The second kappa shape index (κ2) is 8.22. The summed E-state index contributed by atoms with van der Waals surface area (Å²) in [5.74, 6) is 2.39. The zero-order chi connectivity index (χ0) is 24.6. The van der Waals surface area contributed by atoms with Gasteiger partial charge in [0.25, 0.3) is 5.91 Å². The molecule has 5 aliphatic rings. The molecule has 5 nitrogen and oxygen atoms in total. The molecule has 2 amide bonds. The topological polar surface area (TPSA) is 62.3 Å². The number of hydrogen-bond donors (Lipinski definition) is 1. The Kier molecular flexibility index (Phi) is 5.16. The van der Waals surface area contributed by atoms with Gasteiger partial charge in [-0.3, -0.25) is 9.59 Å². The van der Waals surface area contributed by atoms with E-state index in [1.165, 1.54) is 53.7 Å². The van der Waals surface area contributed by atoms with E-state index in [4.69, 9.17) is 4.98 Å². The van der Waals surface area contributed by atoms with Crippen molar-refractivity contribution in [3.63, 3.8) is 0 Å². The number of imide groups is 1. The fraction of sp³-hybridized carbons (Fsp3) is 0.500. The van der Waals surface area contributed by atoms with Crippen molar-refractivity contribution in [2.45, 2.75) is 70.9 Å². The van der Waals surface area contributed by atoms with E-state index in [1.807, 2.05) is 24.3 Å². The van der Waals surface area contributed by atoms with E-state index < -0.39 is 6.04 Å². The molecule has 0 radical (unpaired) electrons. The number of aryl methyl sites for hydroxylation is 1. The van der Waals surface area contributed by atoms with E-state index in [2.05, 4.69) is 37.4 Å². The van der Waals surface area contributed by atoms with Crippen LogP contribution in [0.1, 0.15) is 57.4 Å². The Bertz CT molecular complexity index is 1320. The Morgan fingerprint density at radius 1 is 1.00 bits per heavy atom. The monoisotopic (exact) mass is 499 g/mol. The van der Waals surface area contributed by atoms with Gasteiger partial charge in [0.1, 0.15) is 5.01 Å². The van der Waals surface area contributed by atoms with E-state index in [0.717, 1.165) is 33.8 Å². The van der Waals surface area contributed by atoms with Gasteiger partial charge in [0, 0.05) is 11.6 Å². The first-order chi connectivity index (χ1) is 17.4. The molecule has 0 spiro atoms. The van der Waals surface area contributed by atoms with Gasteiger partial charge in [-0.05, 0) is 118 Å². The van der Waals surface area contributed by atoms with Crippen LogP contribution in [0.2, 0.25) is 0 Å². The van der Waals surface area contributed by atoms with Crippen LogP contribution >= 0.6 is 11.3 Å². The second-order valence-corrected chi connectivity index (χ2v) is 13.1. The fourth-order valence-corrected chi connectivity index (χ4v) is 9.20. The van der Waals surface area contributed by atoms with Crippen LogP contribution in [0.25, 0.3) is 20.8 Å². The molecule has 0 unspecified atom stereocenters. The lowest BCUT2D eigenvalue weighted by atomic mass is 9.48. The van der Waals surface area contributed by atoms with E-state index in [1.54, 1.807) is 11.3 Å². The number of nitrogens with zero attached hydrogens (tertiary/aromatic N) is 2. The molecular weight excluding hydrogens is 466 g/mol. The first kappa shape index (κ1) is 22.6. The number of aromatic nitrogens is 1. The number of nitrogens with one attached hydrogen (secondary N) is 1. The highest BCUT2D eigenvalue weighted by Gasteiger charge is 2.54. The lowest BCUT2D eigenvalue weighted by molar-refractivity contribution is -0.122. The van der Waals surface area contributed by atoms with Gasteiger partial charge in [-0.2, -0.15) is 0 Å². The summed E-state index contributed by atoms with van der Waals surface area (Å²) in [5, 5.41) is 4.60. The average Bonchev–Trinajstić information content (AvgIpc) is 3.38. The number of carbonyl (C=O) groups excluding carboxylic acids is 2. The maximum absolute atomic E-state index is 13.4. The van der Waals surface area contributed by atoms with Crippen LogP contribution in [0.15, 0.2) is 42.5 Å². The van der Waals surface area contributed by atoms with Crippen molar-refractivity contribution in [3.05, 3.63) is 48.0 Å². The van der Waals surface area contributed by atoms with Crippen molar-refractivity contribution < 1.29 is 9.59 Å². The smallest absolute Gasteiger partial charge is 0.251 e. The molecule has 6 heteroatoms. The van der Waals surface area contributed by atoms with Crippen molar-refractivity contribution in [2.75, 3.05) is 4.90 Å². The molecule has 4 bridgehead atoms. The Morgan fingerprint density at radius 2 is 1.67 bits per heavy atom. The number of hydrogen-bond acceptors (Lipinski definition) is 5. The number of anilines is 1. The molecule has 1 N–H and O–H groups in total. The first-order valence-corrected chi connectivity index (χ1v) is 14.3. The highest BCUT2D eigenvalue weighted by molar-refractivity contribution is 7.21. The Morgan fingerprint density at radius 3 is 2.33 bits per heavy atom. The summed E-state index contributed by atoms with van der Waals surface area (Å²) in [4.78, 5) is 32.5. The number of rotatable bonds is 5. The zero-order valence-corrected chi connectivity index (χ0v) is 21.8. The van der Waals surface area contributed by atoms with Gasteiger partial charge in [-0.25, -0.2) is 9.88 Å². The number of benzene rings is 2. The molecule has 2 heterocycles. The average molecular weight is 500 g/mol. The van der Waals surface area contributed by atoms with Crippen LogP contribution in [-0.2, 0) is 9.59 Å². The zero-order valence-electron chi connectivity index (χ0n) is 21.0. The standard InChI is InChI=1S/C30H33N3O2S/c1-17-3-8-24-26(9-17)36-28(32-24)22-4-6-23(7-5-22)33-27(34)13-25(29(33)35)31-18(2)30-14-19-10-20(15-30)12-21(11-19)16-30/h3-9,18-21,25,31H,10-16H2,1-2H3/t18-,19?,20?,21?,25+,30?/m1/s1. The largest absolute Gasteiger partial charge is 0.302 e. The second-order valence-electron chi connectivity index (χ2n) is 12.0. The fourth-order valence-electron chi connectivity index (χ4n) is 8.13. The summed E-state index contributed by atoms with van der Waals surface area (Å²) in [7, 11) is 0. The molecule has 8 rings (SSSR count). The molecule has 2 aromatic carbocycles. The summed E-state index contributed by atoms with van der Waals surface area (Å²) in [6.07, 6.45) is 8.35. The normalized spacial score (nSPS) is 32.1. The number of amides is 2. The highest BCUT2D eigenvalue weighted by Crippen LogP contribution is 2.61. The summed E-state index contributed by atoms with van der Waals surface area (Å²) in [6, 6.07) is 13.8. The minimum atomic E-state index is -0.423. The SMILES string of the molecule is Cc1ccc2nc(-c3ccc(N4C(=O)C[C@H](N[C@H](C)C56CC7CC(CC(C7)C5)C6)C4=O)cc3)sc2c1. The van der Waals surface area contributed by atoms with E-state index in [9.17, 15) is 9.59 Å². The number of fused-ring (bicyclic) bond motifs is 1. The Labute approximate surface area is 216 Å². The van der Waals surface area contributed by atoms with Gasteiger partial charge in [0.05, 0.1) is 28.4 Å². The quantitative estimate of drug-likeness (QED) is 0.431. The van der Waals surface area contributed by atoms with Crippen LogP contribution in [0.3, 0.4) is 0 Å². The predicted octanol–water partition coefficient (Wildman–Crippen LogP) is 6.10. The lowest BCUT2D eigenvalue weighted by Gasteiger charge is -2.59. The van der Waals surface area contributed by atoms with Gasteiger partial charge in [0.2, 0.25) is 5.91 Å². The maximum Gasteiger partial charge on any atom is 0.251 e. The molecule has 36 heavy (non-hydrogen) atoms. The van der Waals surface area contributed by atoms with Gasteiger partial charge in [-0.15, -0.1) is 11.3 Å². The van der Waals surface area contributed by atoms with Crippen LogP contribution in [0.5, 0.6) is 0 Å². The Hall–Kier alpha value is -2.57. The number of carbonyl (C=O) groups is 2. The Balaban J connectivity index is 1.07. The van der Waals surface area contributed by atoms with E-state index in [-0.39, 0.29) is 24.3 Å². The molecular formula is C30H33N3O2S. The van der Waals surface area contributed by atoms with E-state index in [0.29, 0.717) is 11.1 Å². The van der Waals surface area contributed by atoms with Gasteiger partial charge < -0.3 is 5.32 Å². The maximum atomic E-state index is 13.4. The minimum absolute atomic E-state index is 0.111. The molecule has 1 aliphatic heterocycles. The van der Waals surface area contributed by atoms with Crippen molar-refractivity contribution in [1.29, 1.82) is 0 Å². The summed E-state index contributed by atoms with van der Waals surface area (Å²) in [5.41, 5.74) is 4.18. The van der Waals surface area contributed by atoms with Crippen molar-refractivity contribution in [3.8, 4) is 10.6 Å². The molecule has 3 aromatic rings. The molecule has 5 fully saturated rings. The summed E-state index contributed by atoms with van der Waals surface area (Å²) < 4.78 is 1.17. The van der Waals surface area contributed by atoms with Crippen molar-refractivity contribution in [2.24, 2.45) is 23.2 Å². The summed E-state index contributed by atoms with van der Waals surface area (Å²) >= 11 is 1.67. The molecule has 186 valence electrons. The van der Waals surface area contributed by atoms with Crippen LogP contribution in [0.4, 0.5) is 5.69 Å². The predicted molar refractivity (Wildman–Crippen MR) is 144 cm³/mol. The van der Waals surface area contributed by atoms with Crippen molar-refractivity contribution >= 4 is 39.1 Å².